The molecule has 0 bridgehead atoms. The van der Waals surface area contributed by atoms with Crippen LogP contribution in [0.25, 0.3) is 12.2 Å². The number of phenolic OH excluding ortho intramolecular Hbond substituents is 1. The van der Waals surface area contributed by atoms with E-state index in [2.05, 4.69) is 0 Å². The highest BCUT2D eigenvalue weighted by Crippen LogP contribution is 2.19. The van der Waals surface area contributed by atoms with Crippen LogP contribution in [0.5, 0.6) is 5.75 Å². The van der Waals surface area contributed by atoms with Crippen molar-refractivity contribution in [3.05, 3.63) is 65.5 Å². The smallest absolute Gasteiger partial charge is 0.130 e. The molecule has 0 aromatic heterocycles. The Balaban J connectivity index is 2.29. The van der Waals surface area contributed by atoms with Crippen LogP contribution in [0.2, 0.25) is 0 Å². The second-order valence-electron chi connectivity index (χ2n) is 3.41. The Hall–Kier alpha value is -2.09. The van der Waals surface area contributed by atoms with Crippen molar-refractivity contribution in [1.82, 2.24) is 0 Å². The lowest BCUT2D eigenvalue weighted by atomic mass is 10.1. The molecule has 2 heteroatoms. The molecule has 0 aliphatic rings. The summed E-state index contributed by atoms with van der Waals surface area (Å²) in [5.74, 6) is -0.0794. The predicted octanol–water partition coefficient (Wildman–Crippen LogP) is 3.70. The maximum atomic E-state index is 13.3. The van der Waals surface area contributed by atoms with Crippen molar-refractivity contribution in [3.8, 4) is 5.75 Å². The van der Waals surface area contributed by atoms with E-state index in [4.69, 9.17) is 0 Å². The first-order chi connectivity index (χ1) is 7.77. The normalized spacial score (nSPS) is 10.8. The Morgan fingerprint density at radius 3 is 2.06 bits per heavy atom. The zero-order chi connectivity index (χ0) is 11.4. The van der Waals surface area contributed by atoms with Gasteiger partial charge in [0.25, 0.3) is 0 Å². The molecule has 0 aliphatic carbocycles. The molecule has 0 amide bonds. The lowest BCUT2D eigenvalue weighted by Crippen LogP contribution is -1.79. The minimum absolute atomic E-state index is 0.190. The van der Waals surface area contributed by atoms with Crippen LogP contribution in [0, 0.1) is 5.82 Å². The van der Waals surface area contributed by atoms with Crippen LogP contribution in [-0.2, 0) is 0 Å². The molecule has 1 N–H and O–H groups in total. The van der Waals surface area contributed by atoms with Gasteiger partial charge in [0.2, 0.25) is 0 Å². The lowest BCUT2D eigenvalue weighted by Gasteiger charge is -1.98. The number of rotatable bonds is 2. The molecule has 0 saturated carbocycles. The molecule has 0 atom stereocenters. The molecule has 0 spiro atoms. The zero-order valence-electron chi connectivity index (χ0n) is 8.60. The Labute approximate surface area is 93.5 Å². The highest BCUT2D eigenvalue weighted by molar-refractivity contribution is 5.72. The Morgan fingerprint density at radius 2 is 1.38 bits per heavy atom. The fourth-order valence-electron chi connectivity index (χ4n) is 1.42. The van der Waals surface area contributed by atoms with Crippen molar-refractivity contribution in [2.24, 2.45) is 0 Å². The number of benzene rings is 2. The van der Waals surface area contributed by atoms with E-state index in [1.54, 1.807) is 48.6 Å². The van der Waals surface area contributed by atoms with E-state index in [1.165, 1.54) is 6.07 Å². The Kier molecular flexibility index (Phi) is 3.01. The third-order valence-corrected chi connectivity index (χ3v) is 2.28. The predicted molar refractivity (Wildman–Crippen MR) is 63.4 cm³/mol. The number of aromatic hydroxyl groups is 1. The van der Waals surface area contributed by atoms with Crippen LogP contribution in [0.3, 0.4) is 0 Å². The van der Waals surface area contributed by atoms with Gasteiger partial charge in [-0.05, 0) is 12.1 Å². The summed E-state index contributed by atoms with van der Waals surface area (Å²) in [5, 5.41) is 9.51. The van der Waals surface area contributed by atoms with Gasteiger partial charge in [-0.1, -0.05) is 48.6 Å². The molecular formula is C14H11FO. The van der Waals surface area contributed by atoms with Gasteiger partial charge in [0.05, 0.1) is 0 Å². The van der Waals surface area contributed by atoms with Crippen LogP contribution in [0.4, 0.5) is 4.39 Å². The van der Waals surface area contributed by atoms with Gasteiger partial charge >= 0.3 is 0 Å². The van der Waals surface area contributed by atoms with Crippen molar-refractivity contribution < 1.29 is 9.50 Å². The second-order valence-corrected chi connectivity index (χ2v) is 3.41. The minimum Gasteiger partial charge on any atom is -0.507 e. The molecule has 16 heavy (non-hydrogen) atoms. The molecule has 0 heterocycles. The summed E-state index contributed by atoms with van der Waals surface area (Å²) < 4.78 is 13.3. The van der Waals surface area contributed by atoms with E-state index >= 15 is 0 Å². The summed E-state index contributed by atoms with van der Waals surface area (Å²) in [7, 11) is 0. The number of hydrogen-bond acceptors (Lipinski definition) is 1. The maximum absolute atomic E-state index is 13.3. The fraction of sp³-hybridized carbons (Fsp3) is 0. The summed E-state index contributed by atoms with van der Waals surface area (Å²) in [6.07, 6.45) is 3.33. The van der Waals surface area contributed by atoms with Crippen LogP contribution in [-0.4, -0.2) is 5.11 Å². The molecule has 0 radical (unpaired) electrons. The van der Waals surface area contributed by atoms with Crippen LogP contribution in [0.1, 0.15) is 11.1 Å². The van der Waals surface area contributed by atoms with E-state index < -0.39 is 0 Å². The molecular weight excluding hydrogens is 203 g/mol. The van der Waals surface area contributed by atoms with Crippen LogP contribution in [0.15, 0.2) is 48.5 Å². The SMILES string of the molecule is Oc1ccccc1/C=C/c1ccccc1F. The van der Waals surface area contributed by atoms with Gasteiger partial charge < -0.3 is 5.11 Å². The summed E-state index contributed by atoms with van der Waals surface area (Å²) in [6, 6.07) is 13.4. The van der Waals surface area contributed by atoms with Crippen molar-refractivity contribution in [3.63, 3.8) is 0 Å². The second kappa shape index (κ2) is 4.62. The molecule has 80 valence electrons. The van der Waals surface area contributed by atoms with Gasteiger partial charge in [0.1, 0.15) is 11.6 Å². The fourth-order valence-corrected chi connectivity index (χ4v) is 1.42. The molecule has 0 aliphatic heterocycles. The monoisotopic (exact) mass is 214 g/mol. The first-order valence-electron chi connectivity index (χ1n) is 4.98. The molecule has 2 aromatic carbocycles. The maximum Gasteiger partial charge on any atom is 0.130 e. The third kappa shape index (κ3) is 2.28. The topological polar surface area (TPSA) is 20.2 Å². The van der Waals surface area contributed by atoms with Gasteiger partial charge in [0.15, 0.2) is 0 Å². The Bertz CT molecular complexity index is 470. The van der Waals surface area contributed by atoms with Gasteiger partial charge in [-0.3, -0.25) is 0 Å². The average molecular weight is 214 g/mol. The number of halogens is 1. The highest BCUT2D eigenvalue weighted by atomic mass is 19.1. The molecule has 0 fully saturated rings. The van der Waals surface area contributed by atoms with E-state index in [1.807, 2.05) is 6.07 Å². The zero-order valence-corrected chi connectivity index (χ0v) is 8.60. The number of para-hydroxylation sites is 1. The summed E-state index contributed by atoms with van der Waals surface area (Å²) >= 11 is 0. The molecule has 0 unspecified atom stereocenters. The molecule has 0 saturated heterocycles. The lowest BCUT2D eigenvalue weighted by molar-refractivity contribution is 0.474. The standard InChI is InChI=1S/C14H11FO/c15-13-7-3-1-5-11(13)9-10-12-6-2-4-8-14(12)16/h1-10,16H/b10-9+. The van der Waals surface area contributed by atoms with E-state index in [0.717, 1.165) is 0 Å². The summed E-state index contributed by atoms with van der Waals surface area (Å²) in [6.45, 7) is 0. The molecule has 1 nitrogen and oxygen atoms in total. The first-order valence-corrected chi connectivity index (χ1v) is 4.98. The Morgan fingerprint density at radius 1 is 0.812 bits per heavy atom. The van der Waals surface area contributed by atoms with Crippen molar-refractivity contribution in [2.75, 3.05) is 0 Å². The van der Waals surface area contributed by atoms with Crippen molar-refractivity contribution >= 4 is 12.2 Å². The minimum atomic E-state index is -0.269. The van der Waals surface area contributed by atoms with E-state index in [9.17, 15) is 9.50 Å². The van der Waals surface area contributed by atoms with Crippen LogP contribution < -0.4 is 0 Å². The van der Waals surface area contributed by atoms with Gasteiger partial charge in [-0.2, -0.15) is 0 Å². The number of hydrogen-bond donors (Lipinski definition) is 1. The van der Waals surface area contributed by atoms with Crippen molar-refractivity contribution in [2.45, 2.75) is 0 Å². The van der Waals surface area contributed by atoms with Gasteiger partial charge in [0, 0.05) is 11.1 Å². The molecule has 2 rings (SSSR count). The largest absolute Gasteiger partial charge is 0.507 e. The van der Waals surface area contributed by atoms with Gasteiger partial charge in [-0.15, -0.1) is 0 Å². The van der Waals surface area contributed by atoms with Crippen molar-refractivity contribution in [1.29, 1.82) is 0 Å². The summed E-state index contributed by atoms with van der Waals surface area (Å²) in [5.41, 5.74) is 1.18. The quantitative estimate of drug-likeness (QED) is 0.756. The average Bonchev–Trinajstić information content (AvgIpc) is 2.30. The van der Waals surface area contributed by atoms with E-state index in [0.29, 0.717) is 11.1 Å². The highest BCUT2D eigenvalue weighted by Gasteiger charge is 1.97. The van der Waals surface area contributed by atoms with Crippen LogP contribution >= 0.6 is 0 Å². The third-order valence-electron chi connectivity index (χ3n) is 2.28. The van der Waals surface area contributed by atoms with E-state index in [-0.39, 0.29) is 11.6 Å². The number of phenols is 1. The first kappa shape index (κ1) is 10.4. The summed E-state index contributed by atoms with van der Waals surface area (Å²) in [4.78, 5) is 0. The van der Waals surface area contributed by atoms with Gasteiger partial charge in [-0.25, -0.2) is 4.39 Å². The molecule has 2 aromatic rings.